The summed E-state index contributed by atoms with van der Waals surface area (Å²) in [5, 5.41) is 11.6. The van der Waals surface area contributed by atoms with E-state index in [9.17, 15) is 14.0 Å². The molecule has 0 aliphatic rings. The van der Waals surface area contributed by atoms with Crippen molar-refractivity contribution >= 4 is 39.0 Å². The van der Waals surface area contributed by atoms with Gasteiger partial charge in [0.05, 0.1) is 24.4 Å². The number of aromatic nitrogens is 2. The van der Waals surface area contributed by atoms with Crippen LogP contribution < -0.4 is 16.4 Å². The van der Waals surface area contributed by atoms with E-state index in [2.05, 4.69) is 15.8 Å². The van der Waals surface area contributed by atoms with Crippen molar-refractivity contribution in [1.82, 2.24) is 15.0 Å². The number of aryl methyl sites for hydroxylation is 1. The third-order valence-electron chi connectivity index (χ3n) is 3.84. The Balaban J connectivity index is 2.14. The van der Waals surface area contributed by atoms with Gasteiger partial charge < -0.3 is 10.4 Å². The zero-order valence-corrected chi connectivity index (χ0v) is 15.4. The Bertz CT molecular complexity index is 1060. The van der Waals surface area contributed by atoms with Crippen molar-refractivity contribution in [1.29, 1.82) is 0 Å². The lowest BCUT2D eigenvalue weighted by atomic mass is 10.2. The first kappa shape index (κ1) is 19.0. The maximum atomic E-state index is 14.3. The van der Waals surface area contributed by atoms with E-state index >= 15 is 0 Å². The highest BCUT2D eigenvalue weighted by Crippen LogP contribution is 2.28. The molecule has 3 aromatic rings. The van der Waals surface area contributed by atoms with Crippen molar-refractivity contribution in [3.05, 3.63) is 51.0 Å². The van der Waals surface area contributed by atoms with Gasteiger partial charge in [0.15, 0.2) is 0 Å². The summed E-state index contributed by atoms with van der Waals surface area (Å²) in [6.45, 7) is 1.37. The standard InChI is InChI=1S/C17H17FN4O4S/c1-9-3-4-11(10(18)7-9)20-15-12(16(24)21-26-6-5-23)13-14(27-8-19-13)17(25)22(15)2/h3-4,7-8,20,23H,5-6H2,1-2H3,(H,21,24). The molecule has 0 bridgehead atoms. The second-order valence-corrected chi connectivity index (χ2v) is 6.58. The van der Waals surface area contributed by atoms with Gasteiger partial charge in [-0.05, 0) is 24.6 Å². The number of anilines is 2. The minimum atomic E-state index is -0.676. The fourth-order valence-corrected chi connectivity index (χ4v) is 3.30. The topological polar surface area (TPSA) is 105 Å². The Hall–Kier alpha value is -2.82. The molecule has 3 rings (SSSR count). The molecule has 0 spiro atoms. The molecule has 0 aliphatic heterocycles. The van der Waals surface area contributed by atoms with Crippen LogP contribution in [0.4, 0.5) is 15.9 Å². The van der Waals surface area contributed by atoms with Gasteiger partial charge in [-0.1, -0.05) is 6.07 Å². The first-order chi connectivity index (χ1) is 12.9. The first-order valence-corrected chi connectivity index (χ1v) is 8.84. The molecular formula is C17H17FN4O4S. The van der Waals surface area contributed by atoms with E-state index in [4.69, 9.17) is 9.94 Å². The van der Waals surface area contributed by atoms with Crippen LogP contribution in [0.5, 0.6) is 0 Å². The molecule has 0 atom stereocenters. The molecule has 0 fully saturated rings. The molecule has 2 aromatic heterocycles. The smallest absolute Gasteiger partial charge is 0.280 e. The van der Waals surface area contributed by atoms with Gasteiger partial charge in [0.25, 0.3) is 11.5 Å². The van der Waals surface area contributed by atoms with E-state index in [0.717, 1.165) is 16.9 Å². The number of benzene rings is 1. The van der Waals surface area contributed by atoms with Crippen LogP contribution in [0.1, 0.15) is 15.9 Å². The molecule has 8 nitrogen and oxygen atoms in total. The summed E-state index contributed by atoms with van der Waals surface area (Å²) in [6.07, 6.45) is 0. The van der Waals surface area contributed by atoms with E-state index in [0.29, 0.717) is 4.70 Å². The normalized spacial score (nSPS) is 11.0. The Kier molecular flexibility index (Phi) is 5.49. The van der Waals surface area contributed by atoms with Gasteiger partial charge in [-0.25, -0.2) is 14.9 Å². The van der Waals surface area contributed by atoms with Crippen LogP contribution in [-0.4, -0.2) is 33.8 Å². The van der Waals surface area contributed by atoms with Crippen molar-refractivity contribution in [3.63, 3.8) is 0 Å². The molecule has 0 aliphatic carbocycles. The highest BCUT2D eigenvalue weighted by molar-refractivity contribution is 7.16. The molecule has 27 heavy (non-hydrogen) atoms. The molecule has 2 heterocycles. The summed E-state index contributed by atoms with van der Waals surface area (Å²) in [4.78, 5) is 34.2. The lowest BCUT2D eigenvalue weighted by Gasteiger charge is -2.17. The maximum absolute atomic E-state index is 14.3. The van der Waals surface area contributed by atoms with E-state index in [-0.39, 0.29) is 41.4 Å². The number of rotatable bonds is 6. The molecule has 0 unspecified atom stereocenters. The Morgan fingerprint density at radius 3 is 2.93 bits per heavy atom. The number of amides is 1. The van der Waals surface area contributed by atoms with Gasteiger partial charge in [-0.2, -0.15) is 0 Å². The lowest BCUT2D eigenvalue weighted by Crippen LogP contribution is -2.30. The molecule has 0 saturated carbocycles. The zero-order valence-electron chi connectivity index (χ0n) is 14.6. The number of hydrogen-bond acceptors (Lipinski definition) is 7. The van der Waals surface area contributed by atoms with Crippen LogP contribution in [0.15, 0.2) is 28.5 Å². The number of nitrogens with one attached hydrogen (secondary N) is 2. The Morgan fingerprint density at radius 1 is 1.44 bits per heavy atom. The number of halogens is 1. The van der Waals surface area contributed by atoms with Crippen molar-refractivity contribution < 1.29 is 19.1 Å². The summed E-state index contributed by atoms with van der Waals surface area (Å²) >= 11 is 1.10. The van der Waals surface area contributed by atoms with Crippen molar-refractivity contribution in [3.8, 4) is 0 Å². The van der Waals surface area contributed by atoms with Crippen LogP contribution >= 0.6 is 11.3 Å². The Morgan fingerprint density at radius 2 is 2.22 bits per heavy atom. The number of fused-ring (bicyclic) bond motifs is 1. The predicted octanol–water partition coefficient (Wildman–Crippen LogP) is 1.84. The summed E-state index contributed by atoms with van der Waals surface area (Å²) in [5.74, 6) is -1.13. The number of hydrogen-bond donors (Lipinski definition) is 3. The van der Waals surface area contributed by atoms with Crippen molar-refractivity contribution in [2.75, 3.05) is 18.5 Å². The number of thiazole rings is 1. The summed E-state index contributed by atoms with van der Waals surface area (Å²) in [5.41, 5.74) is 4.34. The number of hydroxylamine groups is 1. The van der Waals surface area contributed by atoms with Crippen LogP contribution in [0, 0.1) is 12.7 Å². The summed E-state index contributed by atoms with van der Waals surface area (Å²) in [6, 6.07) is 4.56. The van der Waals surface area contributed by atoms with Gasteiger partial charge in [-0.15, -0.1) is 11.3 Å². The van der Waals surface area contributed by atoms with Crippen molar-refractivity contribution in [2.24, 2.45) is 7.05 Å². The maximum Gasteiger partial charge on any atom is 0.280 e. The van der Waals surface area contributed by atoms with E-state index in [1.54, 1.807) is 13.0 Å². The highest BCUT2D eigenvalue weighted by Gasteiger charge is 2.23. The van der Waals surface area contributed by atoms with E-state index in [1.807, 2.05) is 0 Å². The van der Waals surface area contributed by atoms with E-state index in [1.165, 1.54) is 29.3 Å². The number of carbonyl (C=O) groups is 1. The average molecular weight is 392 g/mol. The number of nitrogens with zero attached hydrogens (tertiary/aromatic N) is 2. The Labute approximate surface area is 157 Å². The van der Waals surface area contributed by atoms with Crippen molar-refractivity contribution in [2.45, 2.75) is 6.92 Å². The number of carbonyl (C=O) groups excluding carboxylic acids is 1. The largest absolute Gasteiger partial charge is 0.394 e. The molecule has 1 amide bonds. The number of aliphatic hydroxyl groups is 1. The van der Waals surface area contributed by atoms with E-state index < -0.39 is 11.7 Å². The highest BCUT2D eigenvalue weighted by atomic mass is 32.1. The van der Waals surface area contributed by atoms with Gasteiger partial charge in [0, 0.05) is 7.05 Å². The van der Waals surface area contributed by atoms with Gasteiger partial charge in [0.1, 0.15) is 27.4 Å². The number of aliphatic hydroxyl groups excluding tert-OH is 1. The molecule has 1 aromatic carbocycles. The fourth-order valence-electron chi connectivity index (χ4n) is 2.53. The number of pyridine rings is 1. The van der Waals surface area contributed by atoms with Crippen LogP contribution in [0.2, 0.25) is 0 Å². The SMILES string of the molecule is Cc1ccc(Nc2c(C(=O)NOCCO)c3ncsc3c(=O)n2C)c(F)c1. The zero-order chi connectivity index (χ0) is 19.6. The molecular weight excluding hydrogens is 375 g/mol. The minimum absolute atomic E-state index is 0.0336. The monoisotopic (exact) mass is 392 g/mol. The predicted molar refractivity (Wildman–Crippen MR) is 99.8 cm³/mol. The minimum Gasteiger partial charge on any atom is -0.394 e. The molecule has 10 heteroatoms. The molecule has 0 saturated heterocycles. The average Bonchev–Trinajstić information content (AvgIpc) is 3.11. The summed E-state index contributed by atoms with van der Waals surface area (Å²) in [7, 11) is 1.47. The second-order valence-electron chi connectivity index (χ2n) is 5.73. The van der Waals surface area contributed by atoms with Crippen LogP contribution in [0.3, 0.4) is 0 Å². The fraction of sp³-hybridized carbons (Fsp3) is 0.235. The quantitative estimate of drug-likeness (QED) is 0.437. The van der Waals surface area contributed by atoms with Gasteiger partial charge in [0.2, 0.25) is 0 Å². The van der Waals surface area contributed by atoms with Crippen LogP contribution in [0.25, 0.3) is 10.2 Å². The van der Waals surface area contributed by atoms with Gasteiger partial charge >= 0.3 is 0 Å². The summed E-state index contributed by atoms with van der Waals surface area (Å²) < 4.78 is 15.8. The molecule has 142 valence electrons. The van der Waals surface area contributed by atoms with Crippen LogP contribution in [-0.2, 0) is 11.9 Å². The third kappa shape index (κ3) is 3.68. The second kappa shape index (κ2) is 7.82. The van der Waals surface area contributed by atoms with Gasteiger partial charge in [-0.3, -0.25) is 19.0 Å². The molecule has 3 N–H and O–H groups in total. The first-order valence-electron chi connectivity index (χ1n) is 7.96. The lowest BCUT2D eigenvalue weighted by molar-refractivity contribution is 0.0169. The third-order valence-corrected chi connectivity index (χ3v) is 4.65. The molecule has 0 radical (unpaired) electrons.